The number of halogens is 1. The van der Waals surface area contributed by atoms with Crippen LogP contribution in [0.25, 0.3) is 0 Å². The lowest BCUT2D eigenvalue weighted by Gasteiger charge is -2.27. The first kappa shape index (κ1) is 14.8. The van der Waals surface area contributed by atoms with Crippen LogP contribution in [-0.4, -0.2) is 44.1 Å². The Morgan fingerprint density at radius 1 is 1.33 bits per heavy atom. The van der Waals surface area contributed by atoms with Crippen LogP contribution < -0.4 is 10.1 Å². The van der Waals surface area contributed by atoms with Crippen molar-refractivity contribution in [2.75, 3.05) is 33.3 Å². The molecular formula is C13H19ClN2O2. The summed E-state index contributed by atoms with van der Waals surface area (Å²) in [6.45, 7) is 5.26. The molecule has 5 heteroatoms. The molecular weight excluding hydrogens is 252 g/mol. The van der Waals surface area contributed by atoms with Gasteiger partial charge in [-0.2, -0.15) is 0 Å². The van der Waals surface area contributed by atoms with E-state index in [0.29, 0.717) is 5.56 Å². The number of carbonyl (C=O) groups is 1. The van der Waals surface area contributed by atoms with Crippen LogP contribution in [0.2, 0.25) is 0 Å². The molecule has 1 aliphatic heterocycles. The Balaban J connectivity index is 0.00000162. The lowest BCUT2D eigenvalue weighted by Crippen LogP contribution is -2.46. The van der Waals surface area contributed by atoms with E-state index in [1.165, 1.54) is 0 Å². The zero-order valence-corrected chi connectivity index (χ0v) is 11.5. The van der Waals surface area contributed by atoms with Crippen LogP contribution in [0.1, 0.15) is 15.9 Å². The number of aryl methyl sites for hydroxylation is 1. The molecule has 4 nitrogen and oxygen atoms in total. The first-order valence-electron chi connectivity index (χ1n) is 5.87. The highest BCUT2D eigenvalue weighted by molar-refractivity contribution is 5.94. The minimum Gasteiger partial charge on any atom is -0.496 e. The zero-order valence-electron chi connectivity index (χ0n) is 10.7. The molecule has 0 atom stereocenters. The molecule has 0 spiro atoms. The van der Waals surface area contributed by atoms with Gasteiger partial charge in [0, 0.05) is 31.7 Å². The summed E-state index contributed by atoms with van der Waals surface area (Å²) in [6, 6.07) is 5.61. The largest absolute Gasteiger partial charge is 0.496 e. The predicted octanol–water partition coefficient (Wildman–Crippen LogP) is 1.47. The Morgan fingerprint density at radius 2 is 2.00 bits per heavy atom. The summed E-state index contributed by atoms with van der Waals surface area (Å²) in [6.07, 6.45) is 0. The van der Waals surface area contributed by atoms with Crippen molar-refractivity contribution in [2.45, 2.75) is 6.92 Å². The van der Waals surface area contributed by atoms with E-state index in [4.69, 9.17) is 4.74 Å². The molecule has 1 saturated heterocycles. The lowest BCUT2D eigenvalue weighted by molar-refractivity contribution is 0.0735. The molecule has 100 valence electrons. The van der Waals surface area contributed by atoms with Gasteiger partial charge in [0.1, 0.15) is 5.75 Å². The van der Waals surface area contributed by atoms with Crippen molar-refractivity contribution in [1.29, 1.82) is 0 Å². The topological polar surface area (TPSA) is 41.6 Å². The zero-order chi connectivity index (χ0) is 12.3. The molecule has 0 radical (unpaired) electrons. The fourth-order valence-electron chi connectivity index (χ4n) is 2.00. The molecule has 1 heterocycles. The minimum atomic E-state index is 0. The summed E-state index contributed by atoms with van der Waals surface area (Å²) in [5.74, 6) is 0.857. The quantitative estimate of drug-likeness (QED) is 0.885. The normalized spacial score (nSPS) is 14.9. The number of piperazine rings is 1. The Kier molecular flexibility index (Phi) is 5.44. The molecule has 2 rings (SSSR count). The van der Waals surface area contributed by atoms with Gasteiger partial charge >= 0.3 is 0 Å². The highest BCUT2D eigenvalue weighted by atomic mass is 35.5. The van der Waals surface area contributed by atoms with Gasteiger partial charge in [-0.15, -0.1) is 12.4 Å². The van der Waals surface area contributed by atoms with Crippen molar-refractivity contribution in [3.05, 3.63) is 29.3 Å². The monoisotopic (exact) mass is 270 g/mol. The Bertz CT molecular complexity index is 417. The number of hydrogen-bond donors (Lipinski definition) is 1. The second-order valence-corrected chi connectivity index (χ2v) is 4.23. The van der Waals surface area contributed by atoms with E-state index in [0.717, 1.165) is 37.5 Å². The van der Waals surface area contributed by atoms with Crippen LogP contribution in [0.5, 0.6) is 5.75 Å². The lowest BCUT2D eigenvalue weighted by atomic mass is 10.1. The van der Waals surface area contributed by atoms with E-state index < -0.39 is 0 Å². The third-order valence-electron chi connectivity index (χ3n) is 3.06. The van der Waals surface area contributed by atoms with E-state index in [9.17, 15) is 4.79 Å². The maximum atomic E-state index is 12.2. The van der Waals surface area contributed by atoms with Gasteiger partial charge in [0.2, 0.25) is 0 Å². The third kappa shape index (κ3) is 3.15. The molecule has 1 aromatic carbocycles. The number of methoxy groups -OCH3 is 1. The average molecular weight is 271 g/mol. The van der Waals surface area contributed by atoms with E-state index in [1.807, 2.05) is 30.0 Å². The molecule has 1 amide bonds. The van der Waals surface area contributed by atoms with Crippen molar-refractivity contribution >= 4 is 18.3 Å². The maximum absolute atomic E-state index is 12.2. The van der Waals surface area contributed by atoms with Crippen molar-refractivity contribution in [1.82, 2.24) is 10.2 Å². The minimum absolute atomic E-state index is 0. The van der Waals surface area contributed by atoms with E-state index in [2.05, 4.69) is 5.32 Å². The molecule has 0 saturated carbocycles. The van der Waals surface area contributed by atoms with Crippen LogP contribution in [0, 0.1) is 6.92 Å². The van der Waals surface area contributed by atoms with Crippen LogP contribution in [0.15, 0.2) is 18.2 Å². The summed E-state index contributed by atoms with van der Waals surface area (Å²) in [5.41, 5.74) is 1.75. The van der Waals surface area contributed by atoms with Crippen molar-refractivity contribution in [3.8, 4) is 5.75 Å². The summed E-state index contributed by atoms with van der Waals surface area (Å²) in [5, 5.41) is 3.23. The molecule has 0 unspecified atom stereocenters. The van der Waals surface area contributed by atoms with E-state index >= 15 is 0 Å². The van der Waals surface area contributed by atoms with Gasteiger partial charge in [0.15, 0.2) is 0 Å². The van der Waals surface area contributed by atoms with Gasteiger partial charge in [-0.3, -0.25) is 4.79 Å². The van der Waals surface area contributed by atoms with Gasteiger partial charge in [0.05, 0.1) is 7.11 Å². The van der Waals surface area contributed by atoms with Gasteiger partial charge in [0.25, 0.3) is 5.91 Å². The summed E-state index contributed by atoms with van der Waals surface area (Å²) >= 11 is 0. The predicted molar refractivity (Wildman–Crippen MR) is 73.8 cm³/mol. The van der Waals surface area contributed by atoms with E-state index in [1.54, 1.807) is 7.11 Å². The number of hydrogen-bond acceptors (Lipinski definition) is 3. The van der Waals surface area contributed by atoms with Crippen LogP contribution >= 0.6 is 12.4 Å². The van der Waals surface area contributed by atoms with E-state index in [-0.39, 0.29) is 18.3 Å². The summed E-state index contributed by atoms with van der Waals surface area (Å²) < 4.78 is 5.24. The third-order valence-corrected chi connectivity index (χ3v) is 3.06. The summed E-state index contributed by atoms with van der Waals surface area (Å²) in [4.78, 5) is 14.1. The highest BCUT2D eigenvalue weighted by Gasteiger charge is 2.18. The second-order valence-electron chi connectivity index (χ2n) is 4.23. The maximum Gasteiger partial charge on any atom is 0.254 e. The molecule has 0 aromatic heterocycles. The molecule has 18 heavy (non-hydrogen) atoms. The second kappa shape index (κ2) is 6.61. The van der Waals surface area contributed by atoms with Crippen LogP contribution in [0.4, 0.5) is 0 Å². The van der Waals surface area contributed by atoms with Crippen LogP contribution in [0.3, 0.4) is 0 Å². The molecule has 0 aliphatic carbocycles. The molecule has 1 fully saturated rings. The first-order chi connectivity index (χ1) is 8.22. The molecule has 0 bridgehead atoms. The van der Waals surface area contributed by atoms with Gasteiger partial charge in [-0.1, -0.05) is 6.07 Å². The van der Waals surface area contributed by atoms with Crippen molar-refractivity contribution in [2.24, 2.45) is 0 Å². The number of ether oxygens (including phenoxy) is 1. The molecule has 1 aliphatic rings. The fourth-order valence-corrected chi connectivity index (χ4v) is 2.00. The highest BCUT2D eigenvalue weighted by Crippen LogP contribution is 2.20. The Hall–Kier alpha value is -1.26. The SMILES string of the molecule is COc1cc(C(=O)N2CCNCC2)ccc1C.Cl. The number of benzene rings is 1. The van der Waals surface area contributed by atoms with Gasteiger partial charge < -0.3 is 15.0 Å². The standard InChI is InChI=1S/C13H18N2O2.ClH/c1-10-3-4-11(9-12(10)17-2)13(16)15-7-5-14-6-8-15;/h3-4,9,14H,5-8H2,1-2H3;1H. The van der Waals surface area contributed by atoms with Gasteiger partial charge in [-0.05, 0) is 24.6 Å². The molecule has 1 N–H and O–H groups in total. The van der Waals surface area contributed by atoms with Gasteiger partial charge in [-0.25, -0.2) is 0 Å². The Morgan fingerprint density at radius 3 is 2.61 bits per heavy atom. The smallest absolute Gasteiger partial charge is 0.254 e. The van der Waals surface area contributed by atoms with Crippen LogP contribution in [-0.2, 0) is 0 Å². The fraction of sp³-hybridized carbons (Fsp3) is 0.462. The molecule has 1 aromatic rings. The number of rotatable bonds is 2. The summed E-state index contributed by atoms with van der Waals surface area (Å²) in [7, 11) is 1.63. The Labute approximate surface area is 114 Å². The van der Waals surface area contributed by atoms with Crippen molar-refractivity contribution < 1.29 is 9.53 Å². The number of nitrogens with zero attached hydrogens (tertiary/aromatic N) is 1. The number of carbonyl (C=O) groups excluding carboxylic acids is 1. The number of nitrogens with one attached hydrogen (secondary N) is 1. The first-order valence-corrected chi connectivity index (χ1v) is 5.87. The average Bonchev–Trinajstić information content (AvgIpc) is 2.39. The van der Waals surface area contributed by atoms with Crippen molar-refractivity contribution in [3.63, 3.8) is 0 Å². The number of amides is 1.